The fraction of sp³-hybridized carbons (Fsp3) is 0.333. The van der Waals surface area contributed by atoms with Crippen LogP contribution in [0.25, 0.3) is 6.08 Å². The second-order valence-corrected chi connectivity index (χ2v) is 7.49. The summed E-state index contributed by atoms with van der Waals surface area (Å²) in [7, 11) is 1.62. The maximum Gasteiger partial charge on any atom is 0.197 e. The van der Waals surface area contributed by atoms with Crippen molar-refractivity contribution in [2.24, 2.45) is 0 Å². The molecule has 0 radical (unpaired) electrons. The molecular weight excluding hydrogens is 404 g/mol. The van der Waals surface area contributed by atoms with Crippen LogP contribution >= 0.6 is 27.3 Å². The summed E-state index contributed by atoms with van der Waals surface area (Å²) in [6, 6.07) is 5.68. The molecule has 1 aliphatic heterocycles. The van der Waals surface area contributed by atoms with E-state index < -0.39 is 0 Å². The molecule has 1 fully saturated rings. The van der Waals surface area contributed by atoms with Gasteiger partial charge in [0.05, 0.1) is 30.9 Å². The molecule has 5 nitrogen and oxygen atoms in total. The summed E-state index contributed by atoms with van der Waals surface area (Å²) in [6.45, 7) is 4.90. The fourth-order valence-electron chi connectivity index (χ4n) is 2.58. The summed E-state index contributed by atoms with van der Waals surface area (Å²) in [5.74, 6) is 0.679. The van der Waals surface area contributed by atoms with Gasteiger partial charge in [-0.15, -0.1) is 0 Å². The molecule has 7 heteroatoms. The van der Waals surface area contributed by atoms with E-state index in [0.29, 0.717) is 18.1 Å². The van der Waals surface area contributed by atoms with Crippen molar-refractivity contribution in [3.8, 4) is 5.75 Å². The van der Waals surface area contributed by atoms with Gasteiger partial charge < -0.3 is 14.4 Å². The number of carbonyl (C=O) groups is 1. The third-order valence-corrected chi connectivity index (χ3v) is 5.62. The van der Waals surface area contributed by atoms with Gasteiger partial charge in [0, 0.05) is 23.1 Å². The first-order valence-corrected chi connectivity index (χ1v) is 9.55. The first-order valence-electron chi connectivity index (χ1n) is 7.94. The largest absolute Gasteiger partial charge is 0.496 e. The SMILES string of the molecule is COc1ccc(Br)cc1C=CC(=O)c1sc(N2CCOCC2)nc1C. The van der Waals surface area contributed by atoms with Gasteiger partial charge in [0.1, 0.15) is 5.75 Å². The van der Waals surface area contributed by atoms with Gasteiger partial charge in [-0.2, -0.15) is 0 Å². The van der Waals surface area contributed by atoms with Crippen LogP contribution in [-0.2, 0) is 4.74 Å². The van der Waals surface area contributed by atoms with E-state index in [-0.39, 0.29) is 5.78 Å². The van der Waals surface area contributed by atoms with Gasteiger partial charge in [-0.3, -0.25) is 4.79 Å². The predicted octanol–water partition coefficient (Wildman–Crippen LogP) is 3.96. The number of carbonyl (C=O) groups excluding carboxylic acids is 1. The molecular formula is C18H19BrN2O3S. The molecule has 1 saturated heterocycles. The minimum Gasteiger partial charge on any atom is -0.496 e. The molecule has 0 unspecified atom stereocenters. The van der Waals surface area contributed by atoms with Crippen LogP contribution in [0.15, 0.2) is 28.7 Å². The minimum absolute atomic E-state index is 0.0449. The first kappa shape index (κ1) is 18.1. The van der Waals surface area contributed by atoms with E-state index >= 15 is 0 Å². The van der Waals surface area contributed by atoms with Gasteiger partial charge >= 0.3 is 0 Å². The molecule has 2 heterocycles. The number of ether oxygens (including phenoxy) is 2. The van der Waals surface area contributed by atoms with Gasteiger partial charge in [0.2, 0.25) is 0 Å². The number of ketones is 1. The number of aromatic nitrogens is 1. The molecule has 0 amide bonds. The molecule has 0 spiro atoms. The molecule has 25 heavy (non-hydrogen) atoms. The van der Waals surface area contributed by atoms with Crippen LogP contribution in [0.4, 0.5) is 5.13 Å². The zero-order valence-electron chi connectivity index (χ0n) is 14.1. The van der Waals surface area contributed by atoms with Gasteiger partial charge in [0.15, 0.2) is 10.9 Å². The highest BCUT2D eigenvalue weighted by Crippen LogP contribution is 2.28. The Morgan fingerprint density at radius 3 is 2.88 bits per heavy atom. The molecule has 0 aliphatic carbocycles. The molecule has 0 N–H and O–H groups in total. The summed E-state index contributed by atoms with van der Waals surface area (Å²) in [4.78, 5) is 20.0. The van der Waals surface area contributed by atoms with E-state index in [1.165, 1.54) is 11.3 Å². The number of benzene rings is 1. The van der Waals surface area contributed by atoms with Gasteiger partial charge in [-0.1, -0.05) is 27.3 Å². The zero-order chi connectivity index (χ0) is 17.8. The van der Waals surface area contributed by atoms with Crippen LogP contribution in [0.3, 0.4) is 0 Å². The third-order valence-electron chi connectivity index (χ3n) is 3.90. The second kappa shape index (κ2) is 8.12. The smallest absolute Gasteiger partial charge is 0.197 e. The topological polar surface area (TPSA) is 51.7 Å². The average Bonchev–Trinajstić information content (AvgIpc) is 3.02. The maximum absolute atomic E-state index is 12.6. The van der Waals surface area contributed by atoms with Crippen molar-refractivity contribution < 1.29 is 14.3 Å². The summed E-state index contributed by atoms with van der Waals surface area (Å²) >= 11 is 4.88. The lowest BCUT2D eigenvalue weighted by atomic mass is 10.1. The molecule has 132 valence electrons. The molecule has 0 atom stereocenters. The Labute approximate surface area is 159 Å². The van der Waals surface area contributed by atoms with E-state index in [0.717, 1.165) is 39.7 Å². The van der Waals surface area contributed by atoms with E-state index in [2.05, 4.69) is 25.8 Å². The van der Waals surface area contributed by atoms with Crippen LogP contribution in [0, 0.1) is 6.92 Å². The monoisotopic (exact) mass is 422 g/mol. The van der Waals surface area contributed by atoms with Crippen molar-refractivity contribution in [1.82, 2.24) is 4.98 Å². The summed E-state index contributed by atoms with van der Waals surface area (Å²) < 4.78 is 11.6. The maximum atomic E-state index is 12.6. The average molecular weight is 423 g/mol. The van der Waals surface area contributed by atoms with E-state index in [1.54, 1.807) is 19.3 Å². The number of morpholine rings is 1. The number of aryl methyl sites for hydroxylation is 1. The lowest BCUT2D eigenvalue weighted by molar-refractivity contribution is 0.105. The van der Waals surface area contributed by atoms with Crippen LogP contribution in [0.5, 0.6) is 5.75 Å². The van der Waals surface area contributed by atoms with Crippen molar-refractivity contribution in [3.63, 3.8) is 0 Å². The Bertz CT molecular complexity index is 798. The van der Waals surface area contributed by atoms with E-state index in [4.69, 9.17) is 9.47 Å². The fourth-order valence-corrected chi connectivity index (χ4v) is 3.99. The molecule has 1 aliphatic rings. The van der Waals surface area contributed by atoms with Crippen molar-refractivity contribution in [2.45, 2.75) is 6.92 Å². The van der Waals surface area contributed by atoms with E-state index in [9.17, 15) is 4.79 Å². The van der Waals surface area contributed by atoms with Crippen LogP contribution in [0.2, 0.25) is 0 Å². The summed E-state index contributed by atoms with van der Waals surface area (Å²) in [5, 5.41) is 0.887. The van der Waals surface area contributed by atoms with Crippen molar-refractivity contribution in [3.05, 3.63) is 44.9 Å². The first-order chi connectivity index (χ1) is 12.1. The summed E-state index contributed by atoms with van der Waals surface area (Å²) in [6.07, 6.45) is 3.35. The Kier molecular flexibility index (Phi) is 5.88. The normalized spacial score (nSPS) is 14.9. The second-order valence-electron chi connectivity index (χ2n) is 5.59. The lowest BCUT2D eigenvalue weighted by Crippen LogP contribution is -2.36. The number of hydrogen-bond acceptors (Lipinski definition) is 6. The molecule has 1 aromatic heterocycles. The molecule has 1 aromatic carbocycles. The molecule has 0 bridgehead atoms. The predicted molar refractivity (Wildman–Crippen MR) is 104 cm³/mol. The Balaban J connectivity index is 1.79. The Hall–Kier alpha value is -1.70. The highest BCUT2D eigenvalue weighted by atomic mass is 79.9. The number of methoxy groups -OCH3 is 1. The zero-order valence-corrected chi connectivity index (χ0v) is 16.5. The van der Waals surface area contributed by atoms with Crippen molar-refractivity contribution in [1.29, 1.82) is 0 Å². The third kappa shape index (κ3) is 4.29. The number of thiazole rings is 1. The number of halogens is 1. The minimum atomic E-state index is -0.0449. The molecule has 2 aromatic rings. The lowest BCUT2D eigenvalue weighted by Gasteiger charge is -2.25. The number of anilines is 1. The standard InChI is InChI=1S/C18H19BrN2O3S/c1-12-17(25-18(20-12)21-7-9-24-10-8-21)15(22)5-3-13-11-14(19)4-6-16(13)23-2/h3-6,11H,7-10H2,1-2H3. The van der Waals surface area contributed by atoms with Crippen LogP contribution < -0.4 is 9.64 Å². The Morgan fingerprint density at radius 2 is 2.16 bits per heavy atom. The van der Waals surface area contributed by atoms with Gasteiger partial charge in [-0.05, 0) is 37.3 Å². The molecule has 3 rings (SSSR count). The van der Waals surface area contributed by atoms with E-state index in [1.807, 2.05) is 25.1 Å². The Morgan fingerprint density at radius 1 is 1.40 bits per heavy atom. The van der Waals surface area contributed by atoms with Crippen LogP contribution in [-0.4, -0.2) is 44.2 Å². The number of rotatable bonds is 5. The van der Waals surface area contributed by atoms with Crippen molar-refractivity contribution >= 4 is 44.3 Å². The van der Waals surface area contributed by atoms with Crippen molar-refractivity contribution in [2.75, 3.05) is 38.3 Å². The van der Waals surface area contributed by atoms with Gasteiger partial charge in [0.25, 0.3) is 0 Å². The quantitative estimate of drug-likeness (QED) is 0.539. The highest BCUT2D eigenvalue weighted by molar-refractivity contribution is 9.10. The number of hydrogen-bond donors (Lipinski definition) is 0. The summed E-state index contributed by atoms with van der Waals surface area (Å²) in [5.41, 5.74) is 1.61. The van der Waals surface area contributed by atoms with Crippen LogP contribution in [0.1, 0.15) is 20.9 Å². The van der Waals surface area contributed by atoms with Gasteiger partial charge in [-0.25, -0.2) is 4.98 Å². The highest BCUT2D eigenvalue weighted by Gasteiger charge is 2.19. The number of nitrogens with zero attached hydrogens (tertiary/aromatic N) is 2. The number of allylic oxidation sites excluding steroid dienone is 1. The molecule has 0 saturated carbocycles.